The molecule has 162 valence electrons. The molecule has 6 saturated carbocycles. The standard InChI is InChI=1S/C28H47B/c29-19-9-7-8-18(16-19)26-17-27-22-12-2-1-10-20(22)21-11-3-5-14-24(21)28(27)25-15-6-4-13-23(25)26/h18-28H,1-17,29H2. The molecule has 29 heavy (non-hydrogen) atoms. The molecule has 0 aromatic rings. The maximum absolute atomic E-state index is 2.57. The number of hydrogen-bond donors (Lipinski definition) is 0. The summed E-state index contributed by atoms with van der Waals surface area (Å²) < 4.78 is 0. The molecular weight excluding hydrogens is 347 g/mol. The Morgan fingerprint density at radius 3 is 1.45 bits per heavy atom. The zero-order chi connectivity index (χ0) is 19.4. The fourth-order valence-electron chi connectivity index (χ4n) is 11.1. The molecule has 0 radical (unpaired) electrons. The largest absolute Gasteiger partial charge is 0.105 e. The summed E-state index contributed by atoms with van der Waals surface area (Å²) in [6.45, 7) is 0. The summed E-state index contributed by atoms with van der Waals surface area (Å²) in [5.74, 6) is 12.5. The maximum Gasteiger partial charge on any atom is 0.105 e. The van der Waals surface area contributed by atoms with Crippen LogP contribution in [0.25, 0.3) is 0 Å². The molecule has 0 amide bonds. The number of hydrogen-bond acceptors (Lipinski definition) is 0. The van der Waals surface area contributed by atoms with Crippen LogP contribution in [-0.2, 0) is 0 Å². The lowest BCUT2D eigenvalue weighted by atomic mass is 9.41. The Labute approximate surface area is 182 Å². The van der Waals surface area contributed by atoms with Gasteiger partial charge in [0.05, 0.1) is 0 Å². The lowest BCUT2D eigenvalue weighted by Gasteiger charge is -2.63. The third-order valence-corrected chi connectivity index (χ3v) is 11.9. The Balaban J connectivity index is 1.34. The second-order valence-electron chi connectivity index (χ2n) is 13.0. The van der Waals surface area contributed by atoms with Crippen molar-refractivity contribution in [2.24, 2.45) is 59.2 Å². The summed E-state index contributed by atoms with van der Waals surface area (Å²) in [4.78, 5) is 0. The molecule has 0 saturated heterocycles. The SMILES string of the molecule is BC1CCCC(C2CC3C4CCCCC4C4CCCCC4C3C3CCCCC23)C1. The molecule has 0 aromatic carbocycles. The monoisotopic (exact) mass is 394 g/mol. The van der Waals surface area contributed by atoms with E-state index in [9.17, 15) is 0 Å². The van der Waals surface area contributed by atoms with Crippen molar-refractivity contribution < 1.29 is 0 Å². The fraction of sp³-hybridized carbons (Fsp3) is 1.00. The van der Waals surface area contributed by atoms with Crippen LogP contribution in [0.3, 0.4) is 0 Å². The van der Waals surface area contributed by atoms with Gasteiger partial charge in [-0.1, -0.05) is 70.0 Å². The van der Waals surface area contributed by atoms with E-state index in [1.807, 2.05) is 0 Å². The van der Waals surface area contributed by atoms with Crippen LogP contribution in [-0.4, -0.2) is 7.85 Å². The minimum Gasteiger partial charge on any atom is -0.0694 e. The first-order valence-electron chi connectivity index (χ1n) is 14.3. The van der Waals surface area contributed by atoms with Gasteiger partial charge in [-0.05, 0) is 104 Å². The topological polar surface area (TPSA) is 0 Å². The lowest BCUT2D eigenvalue weighted by Crippen LogP contribution is -2.57. The van der Waals surface area contributed by atoms with E-state index in [0.29, 0.717) is 0 Å². The molecule has 0 aliphatic heterocycles. The molecule has 0 heterocycles. The zero-order valence-corrected chi connectivity index (χ0v) is 19.4. The first-order valence-corrected chi connectivity index (χ1v) is 14.3. The van der Waals surface area contributed by atoms with E-state index in [-0.39, 0.29) is 0 Å². The summed E-state index contributed by atoms with van der Waals surface area (Å²) in [7, 11) is 2.57. The van der Waals surface area contributed by atoms with Gasteiger partial charge in [-0.15, -0.1) is 0 Å². The van der Waals surface area contributed by atoms with Crippen LogP contribution in [0.15, 0.2) is 0 Å². The van der Waals surface area contributed by atoms with Crippen LogP contribution >= 0.6 is 0 Å². The number of rotatable bonds is 1. The first kappa shape index (κ1) is 19.7. The molecule has 6 aliphatic carbocycles. The fourth-order valence-corrected chi connectivity index (χ4v) is 11.1. The van der Waals surface area contributed by atoms with Crippen LogP contribution in [0.2, 0.25) is 5.82 Å². The van der Waals surface area contributed by atoms with Crippen molar-refractivity contribution in [3.8, 4) is 0 Å². The average Bonchev–Trinajstić information content (AvgIpc) is 2.78. The summed E-state index contributed by atoms with van der Waals surface area (Å²) in [6.07, 6.45) is 27.1. The molecular formula is C28H47B. The molecule has 6 rings (SSSR count). The molecule has 1 heteroatoms. The van der Waals surface area contributed by atoms with Crippen molar-refractivity contribution in [1.82, 2.24) is 0 Å². The van der Waals surface area contributed by atoms with Crippen LogP contribution in [0.5, 0.6) is 0 Å². The Bertz CT molecular complexity index is 571. The molecule has 6 fully saturated rings. The summed E-state index contributed by atoms with van der Waals surface area (Å²) in [5, 5.41) is 0. The molecule has 0 bridgehead atoms. The van der Waals surface area contributed by atoms with Crippen LogP contribution in [0.1, 0.15) is 109 Å². The molecule has 0 aromatic heterocycles. The lowest BCUT2D eigenvalue weighted by molar-refractivity contribution is -0.147. The highest BCUT2D eigenvalue weighted by Crippen LogP contribution is 2.65. The van der Waals surface area contributed by atoms with Gasteiger partial charge >= 0.3 is 0 Å². The van der Waals surface area contributed by atoms with Gasteiger partial charge in [0.25, 0.3) is 0 Å². The van der Waals surface area contributed by atoms with Crippen LogP contribution in [0, 0.1) is 59.2 Å². The van der Waals surface area contributed by atoms with E-state index >= 15 is 0 Å². The third kappa shape index (κ3) is 3.38. The van der Waals surface area contributed by atoms with E-state index < -0.39 is 0 Å². The Morgan fingerprint density at radius 2 is 0.862 bits per heavy atom. The first-order chi connectivity index (χ1) is 14.3. The predicted octanol–water partition coefficient (Wildman–Crippen LogP) is 7.28. The van der Waals surface area contributed by atoms with Crippen LogP contribution < -0.4 is 0 Å². The predicted molar refractivity (Wildman–Crippen MR) is 126 cm³/mol. The number of fused-ring (bicyclic) bond motifs is 8. The molecule has 0 N–H and O–H groups in total. The summed E-state index contributed by atoms with van der Waals surface area (Å²) in [5.41, 5.74) is 0. The van der Waals surface area contributed by atoms with Gasteiger partial charge in [-0.3, -0.25) is 0 Å². The van der Waals surface area contributed by atoms with Crippen LogP contribution in [0.4, 0.5) is 0 Å². The van der Waals surface area contributed by atoms with E-state index in [0.717, 1.165) is 59.1 Å². The van der Waals surface area contributed by atoms with Crippen molar-refractivity contribution in [1.29, 1.82) is 0 Å². The second kappa shape index (κ2) is 8.20. The van der Waals surface area contributed by atoms with E-state index in [1.165, 1.54) is 12.3 Å². The molecule has 0 spiro atoms. The van der Waals surface area contributed by atoms with Gasteiger partial charge in [0, 0.05) is 0 Å². The minimum atomic E-state index is 1.02. The van der Waals surface area contributed by atoms with Gasteiger partial charge in [0.15, 0.2) is 0 Å². The molecule has 11 unspecified atom stereocenters. The maximum atomic E-state index is 2.57. The van der Waals surface area contributed by atoms with E-state index in [1.54, 1.807) is 103 Å². The average molecular weight is 394 g/mol. The van der Waals surface area contributed by atoms with Gasteiger partial charge in [0.2, 0.25) is 0 Å². The van der Waals surface area contributed by atoms with Gasteiger partial charge in [-0.2, -0.15) is 0 Å². The Kier molecular flexibility index (Phi) is 5.58. The summed E-state index contributed by atoms with van der Waals surface area (Å²) >= 11 is 0. The third-order valence-electron chi connectivity index (χ3n) is 11.9. The van der Waals surface area contributed by atoms with E-state index in [4.69, 9.17) is 0 Å². The highest BCUT2D eigenvalue weighted by atomic mass is 14.6. The normalized spacial score (nSPS) is 55.1. The molecule has 6 aliphatic rings. The molecule has 0 nitrogen and oxygen atoms in total. The van der Waals surface area contributed by atoms with Crippen molar-refractivity contribution in [2.75, 3.05) is 0 Å². The van der Waals surface area contributed by atoms with Crippen molar-refractivity contribution in [3.05, 3.63) is 0 Å². The van der Waals surface area contributed by atoms with Gasteiger partial charge in [-0.25, -0.2) is 0 Å². The quantitative estimate of drug-likeness (QED) is 0.410. The summed E-state index contributed by atoms with van der Waals surface area (Å²) in [6, 6.07) is 0. The van der Waals surface area contributed by atoms with Crippen molar-refractivity contribution in [3.63, 3.8) is 0 Å². The minimum absolute atomic E-state index is 1.02. The Morgan fingerprint density at radius 1 is 0.379 bits per heavy atom. The van der Waals surface area contributed by atoms with Gasteiger partial charge < -0.3 is 0 Å². The highest BCUT2D eigenvalue weighted by Gasteiger charge is 2.58. The highest BCUT2D eigenvalue weighted by molar-refractivity contribution is 6.11. The van der Waals surface area contributed by atoms with Crippen molar-refractivity contribution in [2.45, 2.75) is 115 Å². The van der Waals surface area contributed by atoms with E-state index in [2.05, 4.69) is 7.85 Å². The second-order valence-corrected chi connectivity index (χ2v) is 13.0. The Hall–Kier alpha value is 0.0649. The van der Waals surface area contributed by atoms with Gasteiger partial charge in [0.1, 0.15) is 7.85 Å². The molecule has 11 atom stereocenters. The smallest absolute Gasteiger partial charge is 0.0694 e. The van der Waals surface area contributed by atoms with Crippen molar-refractivity contribution >= 4 is 7.85 Å². The zero-order valence-electron chi connectivity index (χ0n) is 19.4.